The van der Waals surface area contributed by atoms with Crippen LogP contribution in [0.2, 0.25) is 0 Å². The number of aliphatic hydroxyl groups is 1. The molecule has 0 heterocycles. The number of rotatable bonds is 2. The Kier molecular flexibility index (Phi) is 3.06. The highest BCUT2D eigenvalue weighted by atomic mass is 16.5. The van der Waals surface area contributed by atoms with Gasteiger partial charge in [-0.2, -0.15) is 0 Å². The Morgan fingerprint density at radius 1 is 1.71 bits per heavy atom. The van der Waals surface area contributed by atoms with Gasteiger partial charge in [0.1, 0.15) is 0 Å². The summed E-state index contributed by atoms with van der Waals surface area (Å²) in [5.74, 6) is -1.18. The van der Waals surface area contributed by atoms with E-state index in [1.807, 2.05) is 13.8 Å². The van der Waals surface area contributed by atoms with E-state index in [9.17, 15) is 9.90 Å². The molecular weight excluding hydrogens is 180 g/mol. The number of hydrogen-bond donors (Lipinski definition) is 1. The van der Waals surface area contributed by atoms with Gasteiger partial charge in [0.25, 0.3) is 0 Å². The molecule has 1 N–H and O–H groups in total. The van der Waals surface area contributed by atoms with Crippen molar-refractivity contribution in [2.75, 3.05) is 6.61 Å². The normalized spacial score (nSPS) is 37.4. The molecule has 0 aliphatic heterocycles. The number of hydrogen-bond acceptors (Lipinski definition) is 3. The van der Waals surface area contributed by atoms with Gasteiger partial charge < -0.3 is 9.84 Å². The maximum atomic E-state index is 11.7. The molecule has 1 rings (SSSR count). The summed E-state index contributed by atoms with van der Waals surface area (Å²) in [7, 11) is 0. The lowest BCUT2D eigenvalue weighted by molar-refractivity contribution is -0.161. The highest BCUT2D eigenvalue weighted by Gasteiger charge is 2.43. The molecule has 0 spiro atoms. The summed E-state index contributed by atoms with van der Waals surface area (Å²) in [6.45, 7) is 5.85. The highest BCUT2D eigenvalue weighted by Crippen LogP contribution is 2.41. The van der Waals surface area contributed by atoms with Crippen LogP contribution in [-0.4, -0.2) is 23.8 Å². The molecule has 0 amide bonds. The van der Waals surface area contributed by atoms with Crippen LogP contribution in [0.1, 0.15) is 41.4 Å². The van der Waals surface area contributed by atoms with Crippen molar-refractivity contribution < 1.29 is 16.0 Å². The van der Waals surface area contributed by atoms with E-state index in [0.29, 0.717) is 13.0 Å². The lowest BCUT2D eigenvalue weighted by atomic mass is 9.67. The average molecular weight is 201 g/mol. The van der Waals surface area contributed by atoms with E-state index >= 15 is 0 Å². The highest BCUT2D eigenvalue weighted by molar-refractivity contribution is 5.74. The van der Waals surface area contributed by atoms with E-state index < -0.39 is 18.0 Å². The zero-order valence-electron chi connectivity index (χ0n) is 10.2. The Balaban J connectivity index is 2.91. The van der Waals surface area contributed by atoms with Gasteiger partial charge in [0.2, 0.25) is 0 Å². The Morgan fingerprint density at radius 2 is 2.36 bits per heavy atom. The zero-order valence-corrected chi connectivity index (χ0v) is 9.17. The summed E-state index contributed by atoms with van der Waals surface area (Å²) in [6, 6.07) is 0. The lowest BCUT2D eigenvalue weighted by Gasteiger charge is -2.39. The Bertz CT molecular complexity index is 232. The summed E-state index contributed by atoms with van der Waals surface area (Å²) in [5, 5.41) is 9.93. The molecule has 1 saturated carbocycles. The van der Waals surface area contributed by atoms with Gasteiger partial charge in [-0.1, -0.05) is 20.3 Å². The van der Waals surface area contributed by atoms with Crippen molar-refractivity contribution in [2.24, 2.45) is 11.3 Å². The Hall–Kier alpha value is -0.570. The zero-order chi connectivity index (χ0) is 11.7. The van der Waals surface area contributed by atoms with Gasteiger partial charge in [-0.05, 0) is 25.2 Å². The van der Waals surface area contributed by atoms with Crippen LogP contribution in [0.25, 0.3) is 0 Å². The molecule has 2 atom stereocenters. The number of esters is 1. The molecule has 0 aromatic carbocycles. The van der Waals surface area contributed by atoms with Gasteiger partial charge in [-0.3, -0.25) is 4.79 Å². The number of carbonyl (C=O) groups excluding carboxylic acids is 1. The van der Waals surface area contributed by atoms with Gasteiger partial charge in [0, 0.05) is 0 Å². The van der Waals surface area contributed by atoms with E-state index in [2.05, 4.69) is 0 Å². The van der Waals surface area contributed by atoms with Crippen LogP contribution in [0.5, 0.6) is 0 Å². The number of carbonyl (C=O) groups is 1. The van der Waals surface area contributed by atoms with Gasteiger partial charge in [0.05, 0.1) is 20.0 Å². The maximum absolute atomic E-state index is 11.7. The van der Waals surface area contributed by atoms with E-state index in [4.69, 9.17) is 6.11 Å². The average Bonchev–Trinajstić information content (AvgIpc) is 2.00. The standard InChI is InChI=1S/C11H20O3/c1-4-14-10(13)9-8(12)6-5-7-11(9,2)3/h8-9,12H,4-7H2,1-3H3/i8D. The first-order valence-electron chi connectivity index (χ1n) is 5.70. The molecule has 2 unspecified atom stereocenters. The first-order chi connectivity index (χ1) is 6.81. The molecule has 0 radical (unpaired) electrons. The van der Waals surface area contributed by atoms with E-state index in [0.717, 1.165) is 12.8 Å². The van der Waals surface area contributed by atoms with Crippen molar-refractivity contribution in [1.82, 2.24) is 0 Å². The number of ether oxygens (including phenoxy) is 1. The molecule has 3 heteroatoms. The molecular formula is C11H20O3. The fourth-order valence-electron chi connectivity index (χ4n) is 2.15. The van der Waals surface area contributed by atoms with Crippen molar-refractivity contribution in [2.45, 2.75) is 46.1 Å². The van der Waals surface area contributed by atoms with Crippen molar-refractivity contribution in [3.63, 3.8) is 0 Å². The van der Waals surface area contributed by atoms with Crippen LogP contribution in [-0.2, 0) is 9.53 Å². The van der Waals surface area contributed by atoms with E-state index in [1.165, 1.54) is 0 Å². The minimum atomic E-state index is -1.67. The molecule has 1 aliphatic carbocycles. The molecule has 0 bridgehead atoms. The van der Waals surface area contributed by atoms with Crippen molar-refractivity contribution in [3.8, 4) is 0 Å². The maximum Gasteiger partial charge on any atom is 0.312 e. The van der Waals surface area contributed by atoms with Crippen LogP contribution < -0.4 is 0 Å². The minimum Gasteiger partial charge on any atom is -0.466 e. The van der Waals surface area contributed by atoms with Crippen LogP contribution in [0, 0.1) is 11.3 Å². The van der Waals surface area contributed by atoms with Gasteiger partial charge in [-0.25, -0.2) is 0 Å². The molecule has 0 aromatic rings. The molecule has 0 saturated heterocycles. The monoisotopic (exact) mass is 201 g/mol. The predicted octanol–water partition coefficient (Wildman–Crippen LogP) is 1.74. The minimum absolute atomic E-state index is 0.293. The molecule has 1 fully saturated rings. The van der Waals surface area contributed by atoms with Crippen LogP contribution in [0.4, 0.5) is 0 Å². The second kappa shape index (κ2) is 4.30. The van der Waals surface area contributed by atoms with Gasteiger partial charge >= 0.3 is 5.97 Å². The third kappa shape index (κ3) is 2.27. The largest absolute Gasteiger partial charge is 0.466 e. The molecule has 3 nitrogen and oxygen atoms in total. The molecule has 82 valence electrons. The van der Waals surface area contributed by atoms with Crippen molar-refractivity contribution in [1.29, 1.82) is 0 Å². The van der Waals surface area contributed by atoms with Crippen molar-refractivity contribution >= 4 is 5.97 Å². The topological polar surface area (TPSA) is 46.5 Å². The summed E-state index contributed by atoms with van der Waals surface area (Å²) in [6.07, 6.45) is 0.300. The fraction of sp³-hybridized carbons (Fsp3) is 0.909. The van der Waals surface area contributed by atoms with Crippen LogP contribution in [0.15, 0.2) is 0 Å². The summed E-state index contributed by atoms with van der Waals surface area (Å²) in [5.41, 5.74) is -0.360. The smallest absolute Gasteiger partial charge is 0.312 e. The van der Waals surface area contributed by atoms with E-state index in [-0.39, 0.29) is 5.41 Å². The lowest BCUT2D eigenvalue weighted by Crippen LogP contribution is -2.44. The van der Waals surface area contributed by atoms with Crippen LogP contribution >= 0.6 is 0 Å². The third-order valence-electron chi connectivity index (χ3n) is 2.89. The second-order valence-electron chi connectivity index (χ2n) is 4.52. The first kappa shape index (κ1) is 9.97. The summed E-state index contributed by atoms with van der Waals surface area (Å²) >= 11 is 0. The molecule has 14 heavy (non-hydrogen) atoms. The Labute approximate surface area is 86.9 Å². The predicted molar refractivity (Wildman–Crippen MR) is 53.8 cm³/mol. The van der Waals surface area contributed by atoms with Crippen molar-refractivity contribution in [3.05, 3.63) is 0 Å². The fourth-order valence-corrected chi connectivity index (χ4v) is 2.15. The van der Waals surface area contributed by atoms with E-state index in [1.54, 1.807) is 6.92 Å². The molecule has 0 aromatic heterocycles. The molecule has 1 aliphatic rings. The van der Waals surface area contributed by atoms with Crippen LogP contribution in [0.3, 0.4) is 0 Å². The third-order valence-corrected chi connectivity index (χ3v) is 2.89. The quantitative estimate of drug-likeness (QED) is 0.692. The summed E-state index contributed by atoms with van der Waals surface area (Å²) < 4.78 is 12.7. The van der Waals surface area contributed by atoms with Gasteiger partial charge in [-0.15, -0.1) is 0 Å². The Morgan fingerprint density at radius 3 is 2.86 bits per heavy atom. The first-order valence-corrected chi connectivity index (χ1v) is 5.20. The second-order valence-corrected chi connectivity index (χ2v) is 4.52. The summed E-state index contributed by atoms with van der Waals surface area (Å²) in [4.78, 5) is 11.7. The van der Waals surface area contributed by atoms with Gasteiger partial charge in [0.15, 0.2) is 0 Å². The SMILES string of the molecule is [2H]C1(O)CCCC(C)(C)C1C(=O)OCC.